The van der Waals surface area contributed by atoms with Crippen molar-refractivity contribution in [3.05, 3.63) is 101 Å². The molecular weight excluding hydrogens is 475 g/mol. The zero-order valence-corrected chi connectivity index (χ0v) is 20.7. The third-order valence-corrected chi connectivity index (χ3v) is 6.97. The van der Waals surface area contributed by atoms with E-state index in [1.165, 1.54) is 25.3 Å². The van der Waals surface area contributed by atoms with E-state index < -0.39 is 17.5 Å². The van der Waals surface area contributed by atoms with Crippen LogP contribution in [0.15, 0.2) is 66.7 Å². The molecule has 0 aliphatic carbocycles. The van der Waals surface area contributed by atoms with Gasteiger partial charge in [-0.3, -0.25) is 9.69 Å². The molecule has 5 rings (SSSR count). The fraction of sp³-hybridized carbons (Fsp3) is 0.258. The number of halogens is 3. The van der Waals surface area contributed by atoms with E-state index in [1.54, 1.807) is 42.5 Å². The fourth-order valence-corrected chi connectivity index (χ4v) is 4.97. The molecule has 190 valence electrons. The van der Waals surface area contributed by atoms with E-state index in [9.17, 15) is 18.0 Å². The number of piperidine rings is 1. The van der Waals surface area contributed by atoms with E-state index in [4.69, 9.17) is 4.74 Å². The van der Waals surface area contributed by atoms with E-state index in [-0.39, 0.29) is 22.5 Å². The molecule has 0 amide bonds. The number of ketones is 1. The number of ether oxygens (including phenoxy) is 1. The first-order valence-electron chi connectivity index (χ1n) is 12.6. The van der Waals surface area contributed by atoms with Crippen LogP contribution in [0, 0.1) is 24.4 Å². The molecule has 6 heteroatoms. The zero-order chi connectivity index (χ0) is 25.9. The molecule has 0 atom stereocenters. The molecule has 1 heterocycles. The molecule has 1 aliphatic heterocycles. The number of carbonyl (C=O) groups is 1. The number of fused-ring (bicyclic) bond motifs is 1. The molecule has 0 spiro atoms. The Balaban J connectivity index is 1.47. The summed E-state index contributed by atoms with van der Waals surface area (Å²) in [4.78, 5) is 16.2. The summed E-state index contributed by atoms with van der Waals surface area (Å²) in [6.07, 6.45) is 3.73. The van der Waals surface area contributed by atoms with Gasteiger partial charge < -0.3 is 4.74 Å². The summed E-state index contributed by atoms with van der Waals surface area (Å²) in [5, 5.41) is 1.41. The Morgan fingerprint density at radius 3 is 2.32 bits per heavy atom. The van der Waals surface area contributed by atoms with Gasteiger partial charge in [0.2, 0.25) is 0 Å². The van der Waals surface area contributed by atoms with Gasteiger partial charge in [-0.1, -0.05) is 42.3 Å². The average Bonchev–Trinajstić information content (AvgIpc) is 2.92. The van der Waals surface area contributed by atoms with Gasteiger partial charge in [-0.2, -0.15) is 0 Å². The summed E-state index contributed by atoms with van der Waals surface area (Å²) < 4.78 is 48.4. The molecule has 0 unspecified atom stereocenters. The molecule has 0 N–H and O–H groups in total. The third-order valence-electron chi connectivity index (χ3n) is 6.97. The second-order valence-electron chi connectivity index (χ2n) is 9.54. The second kappa shape index (κ2) is 10.8. The number of aryl methyl sites for hydroxylation is 1. The number of benzene rings is 4. The molecule has 37 heavy (non-hydrogen) atoms. The molecule has 1 aliphatic rings. The topological polar surface area (TPSA) is 29.5 Å². The minimum atomic E-state index is -1.56. The number of rotatable bonds is 7. The molecule has 1 fully saturated rings. The van der Waals surface area contributed by atoms with Crippen LogP contribution in [0.4, 0.5) is 13.2 Å². The molecule has 0 radical (unpaired) electrons. The van der Waals surface area contributed by atoms with Gasteiger partial charge in [0.1, 0.15) is 12.4 Å². The van der Waals surface area contributed by atoms with Crippen LogP contribution in [0.5, 0.6) is 5.75 Å². The van der Waals surface area contributed by atoms with Gasteiger partial charge >= 0.3 is 0 Å². The normalized spacial score (nSPS) is 14.2. The Kier molecular flexibility index (Phi) is 7.28. The highest BCUT2D eigenvalue weighted by Crippen LogP contribution is 2.35. The first-order chi connectivity index (χ1) is 17.9. The van der Waals surface area contributed by atoms with Crippen LogP contribution in [0.25, 0.3) is 21.9 Å². The van der Waals surface area contributed by atoms with Crippen molar-refractivity contribution in [1.29, 1.82) is 0 Å². The fourth-order valence-electron chi connectivity index (χ4n) is 4.97. The minimum Gasteiger partial charge on any atom is -0.492 e. The summed E-state index contributed by atoms with van der Waals surface area (Å²) in [5.74, 6) is -3.84. The van der Waals surface area contributed by atoms with Crippen molar-refractivity contribution in [3.8, 4) is 16.9 Å². The van der Waals surface area contributed by atoms with Crippen LogP contribution >= 0.6 is 0 Å². The summed E-state index contributed by atoms with van der Waals surface area (Å²) in [7, 11) is 0. The third kappa shape index (κ3) is 5.25. The Hall–Kier alpha value is -3.64. The monoisotopic (exact) mass is 503 g/mol. The zero-order valence-electron chi connectivity index (χ0n) is 20.7. The lowest BCUT2D eigenvalue weighted by Crippen LogP contribution is -2.33. The number of hydrogen-bond donors (Lipinski definition) is 0. The number of hydrogen-bond acceptors (Lipinski definition) is 3. The predicted octanol–water partition coefficient (Wildman–Crippen LogP) is 7.33. The lowest BCUT2D eigenvalue weighted by molar-refractivity contribution is 0.104. The molecular formula is C31H28F3NO2. The lowest BCUT2D eigenvalue weighted by atomic mass is 9.88. The Labute approximate surface area is 214 Å². The molecule has 0 aromatic heterocycles. The van der Waals surface area contributed by atoms with Crippen LogP contribution in [0.1, 0.15) is 40.7 Å². The van der Waals surface area contributed by atoms with Crippen molar-refractivity contribution in [2.75, 3.05) is 26.2 Å². The molecule has 4 aromatic carbocycles. The van der Waals surface area contributed by atoms with Gasteiger partial charge in [0, 0.05) is 23.2 Å². The number of nitrogens with zero attached hydrogens (tertiary/aromatic N) is 1. The highest BCUT2D eigenvalue weighted by atomic mass is 19.2. The SMILES string of the molecule is Cc1ccc2c(C(=O)c3ccc(OCCN4CCCCC4)cc3)c(-c3ccc(F)c(F)c3F)ccc2c1. The summed E-state index contributed by atoms with van der Waals surface area (Å²) in [6, 6.07) is 17.8. The number of likely N-dealkylation sites (tertiary alicyclic amines) is 1. The van der Waals surface area contributed by atoms with Gasteiger partial charge in [-0.25, -0.2) is 13.2 Å². The van der Waals surface area contributed by atoms with Gasteiger partial charge in [-0.15, -0.1) is 0 Å². The van der Waals surface area contributed by atoms with Crippen LogP contribution < -0.4 is 4.74 Å². The van der Waals surface area contributed by atoms with E-state index in [0.717, 1.165) is 36.7 Å². The van der Waals surface area contributed by atoms with Gasteiger partial charge in [0.25, 0.3) is 0 Å². The largest absolute Gasteiger partial charge is 0.492 e. The molecule has 4 aromatic rings. The average molecular weight is 504 g/mol. The van der Waals surface area contributed by atoms with Crippen molar-refractivity contribution in [1.82, 2.24) is 4.90 Å². The van der Waals surface area contributed by atoms with Gasteiger partial charge in [0.15, 0.2) is 23.2 Å². The predicted molar refractivity (Wildman–Crippen MR) is 140 cm³/mol. The Morgan fingerprint density at radius 1 is 0.838 bits per heavy atom. The highest BCUT2D eigenvalue weighted by Gasteiger charge is 2.23. The van der Waals surface area contributed by atoms with Crippen LogP contribution in [-0.4, -0.2) is 36.9 Å². The highest BCUT2D eigenvalue weighted by molar-refractivity contribution is 6.20. The van der Waals surface area contributed by atoms with Crippen LogP contribution in [0.3, 0.4) is 0 Å². The summed E-state index contributed by atoms with van der Waals surface area (Å²) in [5.41, 5.74) is 1.67. The van der Waals surface area contributed by atoms with Gasteiger partial charge in [-0.05, 0) is 85.6 Å². The van der Waals surface area contributed by atoms with E-state index in [2.05, 4.69) is 4.90 Å². The minimum absolute atomic E-state index is 0.164. The van der Waals surface area contributed by atoms with Crippen molar-refractivity contribution < 1.29 is 22.7 Å². The maximum absolute atomic E-state index is 14.8. The lowest BCUT2D eigenvalue weighted by Gasteiger charge is -2.26. The van der Waals surface area contributed by atoms with Crippen molar-refractivity contribution in [2.24, 2.45) is 0 Å². The molecule has 3 nitrogen and oxygen atoms in total. The maximum Gasteiger partial charge on any atom is 0.195 e. The molecule has 0 bridgehead atoms. The second-order valence-corrected chi connectivity index (χ2v) is 9.54. The van der Waals surface area contributed by atoms with Crippen LogP contribution in [-0.2, 0) is 0 Å². The maximum atomic E-state index is 14.8. The summed E-state index contributed by atoms with van der Waals surface area (Å²) in [6.45, 7) is 5.56. The first kappa shape index (κ1) is 25.0. The standard InChI is InChI=1S/C31H28F3NO2/c1-20-5-11-24-22(19-20)8-12-25(26-13-14-27(32)30(34)29(26)33)28(24)31(36)21-6-9-23(10-7-21)37-18-17-35-15-3-2-4-16-35/h5-14,19H,2-4,15-18H2,1H3. The van der Waals surface area contributed by atoms with E-state index in [0.29, 0.717) is 23.3 Å². The van der Waals surface area contributed by atoms with Crippen molar-refractivity contribution in [3.63, 3.8) is 0 Å². The number of carbonyl (C=O) groups excluding carboxylic acids is 1. The van der Waals surface area contributed by atoms with E-state index >= 15 is 0 Å². The van der Waals surface area contributed by atoms with Crippen molar-refractivity contribution >= 4 is 16.6 Å². The smallest absolute Gasteiger partial charge is 0.195 e. The quantitative estimate of drug-likeness (QED) is 0.195. The molecule has 0 saturated carbocycles. The Morgan fingerprint density at radius 2 is 1.57 bits per heavy atom. The van der Waals surface area contributed by atoms with Crippen LogP contribution in [0.2, 0.25) is 0 Å². The summed E-state index contributed by atoms with van der Waals surface area (Å²) >= 11 is 0. The Bertz CT molecular complexity index is 1440. The van der Waals surface area contributed by atoms with Gasteiger partial charge in [0.05, 0.1) is 0 Å². The first-order valence-corrected chi connectivity index (χ1v) is 12.6. The van der Waals surface area contributed by atoms with E-state index in [1.807, 2.05) is 19.1 Å². The van der Waals surface area contributed by atoms with Crippen molar-refractivity contribution in [2.45, 2.75) is 26.2 Å². The molecule has 1 saturated heterocycles.